The number of hydrogen-bond acceptors (Lipinski definition) is 6. The van der Waals surface area contributed by atoms with E-state index in [-0.39, 0.29) is 37.4 Å². The molecule has 0 spiro atoms. The molecule has 0 aliphatic carbocycles. The minimum Gasteiger partial charge on any atom is -0.454 e. The van der Waals surface area contributed by atoms with Crippen LogP contribution in [0.5, 0.6) is 11.5 Å². The van der Waals surface area contributed by atoms with Crippen LogP contribution in [0.15, 0.2) is 72.8 Å². The monoisotopic (exact) mass is 585 g/mol. The van der Waals surface area contributed by atoms with E-state index in [0.29, 0.717) is 22.1 Å². The van der Waals surface area contributed by atoms with E-state index in [4.69, 9.17) is 21.1 Å². The Morgan fingerprint density at radius 3 is 2.33 bits per heavy atom. The summed E-state index contributed by atoms with van der Waals surface area (Å²) in [6.07, 6.45) is 1.26. The maximum Gasteiger partial charge on any atom is 0.244 e. The van der Waals surface area contributed by atoms with Gasteiger partial charge in [-0.1, -0.05) is 54.1 Å². The molecule has 4 rings (SSSR count). The van der Waals surface area contributed by atoms with Crippen molar-refractivity contribution in [3.05, 3.63) is 88.9 Å². The van der Waals surface area contributed by atoms with Crippen LogP contribution in [0.1, 0.15) is 25.0 Å². The number of carbonyl (C=O) groups is 2. The van der Waals surface area contributed by atoms with Crippen molar-refractivity contribution in [3.8, 4) is 11.5 Å². The first-order valence-electron chi connectivity index (χ1n) is 12.8. The molecule has 9 nitrogen and oxygen atoms in total. The zero-order valence-corrected chi connectivity index (χ0v) is 24.1. The Balaban J connectivity index is 1.73. The molecule has 1 N–H and O–H groups in total. The van der Waals surface area contributed by atoms with E-state index < -0.39 is 28.5 Å². The number of halogens is 1. The van der Waals surface area contributed by atoms with Crippen molar-refractivity contribution in [2.75, 3.05) is 23.9 Å². The van der Waals surface area contributed by atoms with Gasteiger partial charge in [0.1, 0.15) is 12.6 Å². The van der Waals surface area contributed by atoms with E-state index in [1.165, 1.54) is 11.0 Å². The van der Waals surface area contributed by atoms with Gasteiger partial charge in [0.2, 0.25) is 28.6 Å². The minimum absolute atomic E-state index is 0.0239. The highest BCUT2D eigenvalue weighted by Crippen LogP contribution is 2.36. The molecular weight excluding hydrogens is 554 g/mol. The average Bonchev–Trinajstić information content (AvgIpc) is 3.36. The molecule has 1 aliphatic heterocycles. The third-order valence-corrected chi connectivity index (χ3v) is 7.64. The third-order valence-electron chi connectivity index (χ3n) is 6.27. The van der Waals surface area contributed by atoms with Gasteiger partial charge >= 0.3 is 0 Å². The molecule has 3 aromatic carbocycles. The number of nitrogens with one attached hydrogen (secondary N) is 1. The smallest absolute Gasteiger partial charge is 0.244 e. The molecule has 1 aliphatic rings. The quantitative estimate of drug-likeness (QED) is 0.365. The maximum absolute atomic E-state index is 14.1. The van der Waals surface area contributed by atoms with Gasteiger partial charge in [-0.2, -0.15) is 0 Å². The molecule has 40 heavy (non-hydrogen) atoms. The van der Waals surface area contributed by atoms with Crippen LogP contribution in [0.2, 0.25) is 5.02 Å². The fraction of sp³-hybridized carbons (Fsp3) is 0.310. The first kappa shape index (κ1) is 29.2. The van der Waals surface area contributed by atoms with Crippen LogP contribution in [-0.4, -0.2) is 56.8 Å². The van der Waals surface area contributed by atoms with Gasteiger partial charge in [0.05, 0.1) is 11.9 Å². The Morgan fingerprint density at radius 2 is 1.65 bits per heavy atom. The minimum atomic E-state index is -3.90. The summed E-state index contributed by atoms with van der Waals surface area (Å²) in [5.41, 5.74) is 1.80. The first-order chi connectivity index (χ1) is 19.0. The molecule has 2 amide bonds. The second-order valence-corrected chi connectivity index (χ2v) is 12.2. The number of nitrogens with zero attached hydrogens (tertiary/aromatic N) is 2. The standard InChI is InChI=1S/C29H32ClN3O6S/c1-20(2)31-29(35)25(15-21-8-5-4-6-9-21)32(17-22-10-7-11-23(30)14-22)28(34)18-33(40(3,36)37)24-12-13-26-27(16-24)39-19-38-26/h4-14,16,20,25H,15,17-19H2,1-3H3,(H,31,35)/t25-/m0/s1. The molecule has 1 heterocycles. The lowest BCUT2D eigenvalue weighted by atomic mass is 10.0. The Labute approximate surface area is 239 Å². The first-order valence-corrected chi connectivity index (χ1v) is 15.0. The number of amides is 2. The SMILES string of the molecule is CC(C)NC(=O)[C@H](Cc1ccccc1)N(Cc1cccc(Cl)c1)C(=O)CN(c1ccc2c(c1)OCO2)S(C)(=O)=O. The van der Waals surface area contributed by atoms with Gasteiger partial charge in [-0.25, -0.2) is 8.42 Å². The molecule has 0 bridgehead atoms. The highest BCUT2D eigenvalue weighted by Gasteiger charge is 2.33. The van der Waals surface area contributed by atoms with Crippen LogP contribution >= 0.6 is 11.6 Å². The molecule has 0 saturated carbocycles. The number of benzene rings is 3. The van der Waals surface area contributed by atoms with Crippen LogP contribution in [0.4, 0.5) is 5.69 Å². The lowest BCUT2D eigenvalue weighted by Gasteiger charge is -2.34. The van der Waals surface area contributed by atoms with Crippen molar-refractivity contribution in [2.24, 2.45) is 0 Å². The lowest BCUT2D eigenvalue weighted by molar-refractivity contribution is -0.140. The van der Waals surface area contributed by atoms with Crippen LogP contribution in [0.25, 0.3) is 0 Å². The van der Waals surface area contributed by atoms with Crippen molar-refractivity contribution in [3.63, 3.8) is 0 Å². The zero-order valence-electron chi connectivity index (χ0n) is 22.5. The largest absolute Gasteiger partial charge is 0.454 e. The summed E-state index contributed by atoms with van der Waals surface area (Å²) in [6, 6.07) is 19.9. The average molecular weight is 586 g/mol. The third kappa shape index (κ3) is 7.45. The highest BCUT2D eigenvalue weighted by atomic mass is 35.5. The van der Waals surface area contributed by atoms with Crippen LogP contribution in [-0.2, 0) is 32.6 Å². The van der Waals surface area contributed by atoms with Crippen LogP contribution in [0.3, 0.4) is 0 Å². The summed E-state index contributed by atoms with van der Waals surface area (Å²) in [7, 11) is -3.90. The molecule has 0 unspecified atom stereocenters. The van der Waals surface area contributed by atoms with Gasteiger partial charge in [0.15, 0.2) is 11.5 Å². The van der Waals surface area contributed by atoms with Crippen molar-refractivity contribution in [2.45, 2.75) is 38.9 Å². The fourth-order valence-electron chi connectivity index (χ4n) is 4.42. The normalized spacial score (nSPS) is 13.1. The van der Waals surface area contributed by atoms with Crippen LogP contribution < -0.4 is 19.1 Å². The topological polar surface area (TPSA) is 105 Å². The highest BCUT2D eigenvalue weighted by molar-refractivity contribution is 7.92. The van der Waals surface area contributed by atoms with Crippen molar-refractivity contribution < 1.29 is 27.5 Å². The molecule has 0 aromatic heterocycles. The Bertz CT molecular complexity index is 1470. The predicted octanol–water partition coefficient (Wildman–Crippen LogP) is 4.00. The summed E-state index contributed by atoms with van der Waals surface area (Å²) >= 11 is 6.23. The van der Waals surface area contributed by atoms with Gasteiger partial charge in [-0.15, -0.1) is 0 Å². The van der Waals surface area contributed by atoms with E-state index in [0.717, 1.165) is 16.1 Å². The van der Waals surface area contributed by atoms with E-state index in [1.807, 2.05) is 44.2 Å². The summed E-state index contributed by atoms with van der Waals surface area (Å²) in [6.45, 7) is 3.22. The Morgan fingerprint density at radius 1 is 0.950 bits per heavy atom. The number of fused-ring (bicyclic) bond motifs is 1. The van der Waals surface area contributed by atoms with Crippen LogP contribution in [0, 0.1) is 0 Å². The number of anilines is 1. The molecular formula is C29H32ClN3O6S. The van der Waals surface area contributed by atoms with Crippen molar-refractivity contribution in [1.29, 1.82) is 0 Å². The number of carbonyl (C=O) groups excluding carboxylic acids is 2. The summed E-state index contributed by atoms with van der Waals surface area (Å²) < 4.78 is 37.6. The predicted molar refractivity (Wildman–Crippen MR) is 154 cm³/mol. The molecule has 3 aromatic rings. The summed E-state index contributed by atoms with van der Waals surface area (Å²) in [4.78, 5) is 29.0. The van der Waals surface area contributed by atoms with Gasteiger partial charge in [0.25, 0.3) is 0 Å². The molecule has 0 fully saturated rings. The van der Waals surface area contributed by atoms with E-state index in [1.54, 1.807) is 36.4 Å². The Hall–Kier alpha value is -3.76. The summed E-state index contributed by atoms with van der Waals surface area (Å²) in [5, 5.41) is 3.40. The fourth-order valence-corrected chi connectivity index (χ4v) is 5.48. The molecule has 0 saturated heterocycles. The second kappa shape index (κ2) is 12.6. The lowest BCUT2D eigenvalue weighted by Crippen LogP contribution is -2.54. The number of hydrogen-bond donors (Lipinski definition) is 1. The molecule has 11 heteroatoms. The maximum atomic E-state index is 14.1. The molecule has 1 atom stereocenters. The number of rotatable bonds is 11. The molecule has 212 valence electrons. The Kier molecular flexibility index (Phi) is 9.21. The zero-order chi connectivity index (χ0) is 28.9. The van der Waals surface area contributed by atoms with Gasteiger partial charge in [-0.05, 0) is 49.2 Å². The van der Waals surface area contributed by atoms with Gasteiger partial charge in [0, 0.05) is 30.1 Å². The van der Waals surface area contributed by atoms with Crippen molar-refractivity contribution >= 4 is 39.1 Å². The van der Waals surface area contributed by atoms with E-state index in [2.05, 4.69) is 5.32 Å². The van der Waals surface area contributed by atoms with E-state index in [9.17, 15) is 18.0 Å². The number of sulfonamides is 1. The van der Waals surface area contributed by atoms with Crippen molar-refractivity contribution in [1.82, 2.24) is 10.2 Å². The van der Waals surface area contributed by atoms with E-state index >= 15 is 0 Å². The second-order valence-electron chi connectivity index (χ2n) is 9.83. The summed E-state index contributed by atoms with van der Waals surface area (Å²) in [5.74, 6) is -0.0295. The number of ether oxygens (including phenoxy) is 2. The van der Waals surface area contributed by atoms with Gasteiger partial charge < -0.3 is 19.7 Å². The molecule has 0 radical (unpaired) electrons. The van der Waals surface area contributed by atoms with Gasteiger partial charge in [-0.3, -0.25) is 13.9 Å².